The number of rotatable bonds is 0. The first-order valence-electron chi connectivity index (χ1n) is 3.19. The summed E-state index contributed by atoms with van der Waals surface area (Å²) in [7, 11) is 0. The number of halogens is 2. The van der Waals surface area contributed by atoms with Crippen LogP contribution in [0, 0.1) is 0 Å². The topological polar surface area (TPSA) is 97.2 Å². The molecule has 0 unspecified atom stereocenters. The summed E-state index contributed by atoms with van der Waals surface area (Å²) >= 11 is 7.91. The first-order chi connectivity index (χ1) is 6.09. The van der Waals surface area contributed by atoms with Crippen LogP contribution in [0.3, 0.4) is 0 Å². The van der Waals surface area contributed by atoms with Crippen molar-refractivity contribution in [3.63, 3.8) is 0 Å². The van der Waals surface area contributed by atoms with E-state index in [0.29, 0.717) is 10.3 Å². The van der Waals surface area contributed by atoms with Gasteiger partial charge in [0.25, 0.3) is 0 Å². The van der Waals surface area contributed by atoms with Crippen molar-refractivity contribution < 1.29 is 5.48 Å². The van der Waals surface area contributed by atoms with E-state index in [9.17, 15) is 9.59 Å². The summed E-state index contributed by atoms with van der Waals surface area (Å²) in [6.07, 6.45) is 0. The molecule has 4 N–H and O–H groups in total. The highest BCUT2D eigenvalue weighted by atomic mass is 79.9. The van der Waals surface area contributed by atoms with Crippen LogP contribution in [-0.2, 0) is 0 Å². The monoisotopic (exact) mass is 342 g/mol. The largest absolute Gasteiger partial charge is 0.412 e. The van der Waals surface area contributed by atoms with Crippen molar-refractivity contribution >= 4 is 53.5 Å². The van der Waals surface area contributed by atoms with Crippen LogP contribution < -0.4 is 11.1 Å². The van der Waals surface area contributed by atoms with E-state index in [1.54, 1.807) is 0 Å². The molecular weight excluding hydrogens is 340 g/mol. The minimum absolute atomic E-state index is 0. The first kappa shape index (κ1) is 11.6. The molecule has 14 heavy (non-hydrogen) atoms. The summed E-state index contributed by atoms with van der Waals surface area (Å²) in [5.41, 5.74) is -0.659. The molecule has 0 fully saturated rings. The average Bonchev–Trinajstić information content (AvgIpc) is 2.32. The van der Waals surface area contributed by atoms with Crippen molar-refractivity contribution in [2.45, 2.75) is 0 Å². The van der Waals surface area contributed by atoms with Crippen LogP contribution >= 0.6 is 43.2 Å². The van der Waals surface area contributed by atoms with Gasteiger partial charge in [0.2, 0.25) is 0 Å². The van der Waals surface area contributed by atoms with E-state index in [4.69, 9.17) is 0 Å². The van der Waals surface area contributed by atoms with Gasteiger partial charge in [0.15, 0.2) is 0 Å². The number of thiophene rings is 1. The SMILES string of the molecule is O.O=c1[nH]c2sc(Br)c(Br)c2[nH]c1=O. The smallest absolute Gasteiger partial charge is 0.314 e. The number of fused-ring (bicyclic) bond motifs is 1. The predicted octanol–water partition coefficient (Wildman–Crippen LogP) is 0.978. The molecule has 0 radical (unpaired) electrons. The number of H-pyrrole nitrogens is 2. The predicted molar refractivity (Wildman–Crippen MR) is 62.1 cm³/mol. The Morgan fingerprint density at radius 3 is 2.29 bits per heavy atom. The summed E-state index contributed by atoms with van der Waals surface area (Å²) in [6.45, 7) is 0. The number of aromatic amines is 2. The molecule has 0 bridgehead atoms. The quantitative estimate of drug-likeness (QED) is 0.697. The molecular formula is C6H4Br2N2O3S. The molecule has 0 amide bonds. The van der Waals surface area contributed by atoms with Gasteiger partial charge >= 0.3 is 11.1 Å². The third-order valence-electron chi connectivity index (χ3n) is 1.48. The fraction of sp³-hybridized carbons (Fsp3) is 0. The third-order valence-corrected chi connectivity index (χ3v) is 4.85. The van der Waals surface area contributed by atoms with E-state index in [2.05, 4.69) is 41.8 Å². The number of hydrogen-bond donors (Lipinski definition) is 2. The lowest BCUT2D eigenvalue weighted by Crippen LogP contribution is -2.28. The van der Waals surface area contributed by atoms with Crippen LogP contribution in [-0.4, -0.2) is 15.4 Å². The Morgan fingerprint density at radius 2 is 1.64 bits per heavy atom. The number of nitrogens with one attached hydrogen (secondary N) is 2. The molecule has 2 rings (SSSR count). The second-order valence-electron chi connectivity index (χ2n) is 2.30. The Hall–Kier alpha value is -0.440. The highest BCUT2D eigenvalue weighted by Gasteiger charge is 2.09. The molecule has 0 aliphatic carbocycles. The minimum Gasteiger partial charge on any atom is -0.412 e. The summed E-state index contributed by atoms with van der Waals surface area (Å²) in [4.78, 5) is 27.5. The summed E-state index contributed by atoms with van der Waals surface area (Å²) < 4.78 is 1.58. The third kappa shape index (κ3) is 1.70. The molecule has 2 aromatic rings. The van der Waals surface area contributed by atoms with Gasteiger partial charge in [-0.3, -0.25) is 9.59 Å². The van der Waals surface area contributed by atoms with Crippen molar-refractivity contribution in [2.75, 3.05) is 0 Å². The van der Waals surface area contributed by atoms with E-state index in [1.165, 1.54) is 11.3 Å². The summed E-state index contributed by atoms with van der Waals surface area (Å²) in [6, 6.07) is 0. The first-order valence-corrected chi connectivity index (χ1v) is 5.60. The maximum Gasteiger partial charge on any atom is 0.314 e. The zero-order valence-corrected chi connectivity index (χ0v) is 10.5. The van der Waals surface area contributed by atoms with E-state index in [1.807, 2.05) is 0 Å². The van der Waals surface area contributed by atoms with Crippen molar-refractivity contribution in [1.82, 2.24) is 9.97 Å². The molecule has 8 heteroatoms. The Kier molecular flexibility index (Phi) is 3.30. The van der Waals surface area contributed by atoms with Gasteiger partial charge in [-0.2, -0.15) is 0 Å². The van der Waals surface area contributed by atoms with E-state index >= 15 is 0 Å². The normalized spacial score (nSPS) is 10.1. The van der Waals surface area contributed by atoms with Gasteiger partial charge in [-0.05, 0) is 31.9 Å². The second-order valence-corrected chi connectivity index (χ2v) is 5.43. The maximum absolute atomic E-state index is 11.0. The Labute approximate surface area is 97.7 Å². The molecule has 76 valence electrons. The van der Waals surface area contributed by atoms with Crippen LogP contribution in [0.5, 0.6) is 0 Å². The van der Waals surface area contributed by atoms with Crippen LogP contribution in [0.4, 0.5) is 0 Å². The maximum atomic E-state index is 11.0. The molecule has 0 saturated heterocycles. The molecule has 0 spiro atoms. The van der Waals surface area contributed by atoms with Gasteiger partial charge in [-0.25, -0.2) is 0 Å². The number of hydrogen-bond acceptors (Lipinski definition) is 3. The lowest BCUT2D eigenvalue weighted by atomic mass is 10.5. The van der Waals surface area contributed by atoms with Crippen LogP contribution in [0.25, 0.3) is 10.3 Å². The molecule has 0 aromatic carbocycles. The zero-order chi connectivity index (χ0) is 9.59. The zero-order valence-electron chi connectivity index (χ0n) is 6.48. The summed E-state index contributed by atoms with van der Waals surface area (Å²) in [5.74, 6) is 0. The average molecular weight is 344 g/mol. The van der Waals surface area contributed by atoms with Gasteiger partial charge in [0, 0.05) is 0 Å². The van der Waals surface area contributed by atoms with Crippen LogP contribution in [0.15, 0.2) is 17.8 Å². The van der Waals surface area contributed by atoms with Crippen LogP contribution in [0.1, 0.15) is 0 Å². The molecule has 5 nitrogen and oxygen atoms in total. The van der Waals surface area contributed by atoms with Crippen LogP contribution in [0.2, 0.25) is 0 Å². The molecule has 0 aliphatic heterocycles. The Balaban J connectivity index is 0.000000980. The van der Waals surface area contributed by atoms with Crippen molar-refractivity contribution in [2.24, 2.45) is 0 Å². The molecule has 2 heterocycles. The van der Waals surface area contributed by atoms with Gasteiger partial charge in [-0.1, -0.05) is 0 Å². The van der Waals surface area contributed by atoms with Gasteiger partial charge in [0.1, 0.15) is 4.83 Å². The fourth-order valence-corrected chi connectivity index (χ4v) is 3.04. The molecule has 0 aliphatic rings. The number of aromatic nitrogens is 2. The summed E-state index contributed by atoms with van der Waals surface area (Å²) in [5, 5.41) is 0. The van der Waals surface area contributed by atoms with E-state index in [-0.39, 0.29) is 5.48 Å². The van der Waals surface area contributed by atoms with Crippen molar-refractivity contribution in [3.8, 4) is 0 Å². The Morgan fingerprint density at radius 1 is 1.07 bits per heavy atom. The van der Waals surface area contributed by atoms with Gasteiger partial charge in [-0.15, -0.1) is 11.3 Å². The van der Waals surface area contributed by atoms with Gasteiger partial charge < -0.3 is 15.4 Å². The fourth-order valence-electron chi connectivity index (χ4n) is 0.913. The van der Waals surface area contributed by atoms with Crippen molar-refractivity contribution in [3.05, 3.63) is 29.0 Å². The van der Waals surface area contributed by atoms with Gasteiger partial charge in [0.05, 0.1) is 13.8 Å². The highest BCUT2D eigenvalue weighted by molar-refractivity contribution is 9.13. The lowest BCUT2D eigenvalue weighted by Gasteiger charge is -1.87. The van der Waals surface area contributed by atoms with E-state index in [0.717, 1.165) is 8.26 Å². The minimum atomic E-state index is -0.640. The lowest BCUT2D eigenvalue weighted by molar-refractivity contribution is 0.824. The molecule has 0 atom stereocenters. The van der Waals surface area contributed by atoms with E-state index < -0.39 is 11.1 Å². The second kappa shape index (κ2) is 3.97. The molecule has 0 saturated carbocycles. The highest BCUT2D eigenvalue weighted by Crippen LogP contribution is 2.35. The Bertz CT molecular complexity index is 585. The molecule has 2 aromatic heterocycles. The van der Waals surface area contributed by atoms with Crippen molar-refractivity contribution in [1.29, 1.82) is 0 Å². The standard InChI is InChI=1S/C6H2Br2N2O2S.H2O/c7-1-2-6(13-3(1)8)10-5(12)4(11)9-2;/h(H,9,11)(H,10,12);1H2.